The van der Waals surface area contributed by atoms with Gasteiger partial charge in [0.2, 0.25) is 0 Å². The van der Waals surface area contributed by atoms with E-state index in [1.807, 2.05) is 0 Å². The number of fused-ring (bicyclic) bond motifs is 2. The van der Waals surface area contributed by atoms with Gasteiger partial charge in [-0.1, -0.05) is 24.3 Å². The number of carbonyl (C=O) groups excluding carboxylic acids is 7. The molecule has 0 unspecified atom stereocenters. The molecule has 0 aliphatic carbocycles. The molecule has 0 N–H and O–H groups in total. The summed E-state index contributed by atoms with van der Waals surface area (Å²) in [6.07, 6.45) is -0.590. The van der Waals surface area contributed by atoms with Gasteiger partial charge in [-0.05, 0) is 49.4 Å². The predicted octanol–water partition coefficient (Wildman–Crippen LogP) is 3.07. The molecule has 5 rings (SSSR count). The lowest BCUT2D eigenvalue weighted by atomic mass is 10.1. The first-order valence-corrected chi connectivity index (χ1v) is 12.6. The molecule has 2 aliphatic rings. The van der Waals surface area contributed by atoms with Crippen LogP contribution in [0.3, 0.4) is 0 Å². The minimum absolute atomic E-state index is 0.00613. The van der Waals surface area contributed by atoms with Crippen molar-refractivity contribution in [1.82, 2.24) is 9.80 Å². The third-order valence-electron chi connectivity index (χ3n) is 6.62. The van der Waals surface area contributed by atoms with Crippen LogP contribution in [0.15, 0.2) is 66.7 Å². The molecule has 0 atom stereocenters. The number of hydrogen-bond donors (Lipinski definition) is 0. The largest absolute Gasteiger partial charge is 0.426 e. The van der Waals surface area contributed by atoms with Crippen molar-refractivity contribution >= 4 is 41.4 Å². The van der Waals surface area contributed by atoms with Gasteiger partial charge in [0.25, 0.3) is 23.6 Å². The molecule has 0 saturated heterocycles. The predicted molar refractivity (Wildman–Crippen MR) is 141 cm³/mol. The molecule has 3 aromatic rings. The topological polar surface area (TPSA) is 144 Å². The summed E-state index contributed by atoms with van der Waals surface area (Å²) in [6, 6.07) is 16.5. The summed E-state index contributed by atoms with van der Waals surface area (Å²) >= 11 is 0. The summed E-state index contributed by atoms with van der Waals surface area (Å²) in [5, 5.41) is 0. The summed E-state index contributed by atoms with van der Waals surface area (Å²) in [7, 11) is 0. The number of amides is 4. The molecule has 2 heterocycles. The maximum atomic E-state index is 12.5. The van der Waals surface area contributed by atoms with Gasteiger partial charge < -0.3 is 9.47 Å². The molecule has 3 aromatic carbocycles. The number of carbonyl (C=O) groups is 7. The van der Waals surface area contributed by atoms with E-state index >= 15 is 0 Å². The fourth-order valence-corrected chi connectivity index (χ4v) is 4.58. The second-order valence-corrected chi connectivity index (χ2v) is 9.28. The molecule has 0 spiro atoms. The Morgan fingerprint density at radius 3 is 1.44 bits per heavy atom. The zero-order valence-corrected chi connectivity index (χ0v) is 21.7. The first kappa shape index (κ1) is 27.1. The Labute approximate surface area is 233 Å². The van der Waals surface area contributed by atoms with Crippen molar-refractivity contribution in [3.05, 3.63) is 94.5 Å². The summed E-state index contributed by atoms with van der Waals surface area (Å²) in [4.78, 5) is 89.0. The lowest BCUT2D eigenvalue weighted by Crippen LogP contribution is -2.32. The minimum Gasteiger partial charge on any atom is -0.426 e. The average Bonchev–Trinajstić information content (AvgIpc) is 3.35. The second kappa shape index (κ2) is 11.0. The Morgan fingerprint density at radius 2 is 1.02 bits per heavy atom. The van der Waals surface area contributed by atoms with E-state index in [1.54, 1.807) is 24.3 Å². The third kappa shape index (κ3) is 5.24. The van der Waals surface area contributed by atoms with E-state index in [9.17, 15) is 33.6 Å². The van der Waals surface area contributed by atoms with Crippen molar-refractivity contribution in [2.45, 2.75) is 19.8 Å². The molecule has 4 amide bonds. The van der Waals surface area contributed by atoms with E-state index in [-0.39, 0.29) is 65.2 Å². The van der Waals surface area contributed by atoms with E-state index in [1.165, 1.54) is 49.4 Å². The molecule has 0 radical (unpaired) electrons. The molecule has 206 valence electrons. The van der Waals surface area contributed by atoms with Crippen LogP contribution in [-0.4, -0.2) is 64.2 Å². The highest BCUT2D eigenvalue weighted by Crippen LogP contribution is 2.27. The highest BCUT2D eigenvalue weighted by molar-refractivity contribution is 6.22. The van der Waals surface area contributed by atoms with E-state index in [4.69, 9.17) is 9.47 Å². The molecule has 0 aromatic heterocycles. The molecule has 2 aliphatic heterocycles. The maximum absolute atomic E-state index is 12.5. The first-order valence-electron chi connectivity index (χ1n) is 12.6. The Balaban J connectivity index is 1.17. The smallest absolute Gasteiger partial charge is 0.313 e. The van der Waals surface area contributed by atoms with Crippen LogP contribution < -0.4 is 9.47 Å². The maximum Gasteiger partial charge on any atom is 0.313 e. The van der Waals surface area contributed by atoms with Crippen LogP contribution in [0.25, 0.3) is 0 Å². The van der Waals surface area contributed by atoms with Crippen LogP contribution in [0, 0.1) is 0 Å². The van der Waals surface area contributed by atoms with Crippen LogP contribution in [0.4, 0.5) is 0 Å². The van der Waals surface area contributed by atoms with Gasteiger partial charge in [0.15, 0.2) is 5.78 Å². The van der Waals surface area contributed by atoms with E-state index in [0.717, 1.165) is 9.80 Å². The van der Waals surface area contributed by atoms with Crippen LogP contribution in [-0.2, 0) is 9.59 Å². The Bertz CT molecular complexity index is 1590. The number of rotatable bonds is 9. The highest BCUT2D eigenvalue weighted by atomic mass is 16.5. The third-order valence-corrected chi connectivity index (χ3v) is 6.62. The van der Waals surface area contributed by atoms with Crippen LogP contribution in [0.1, 0.15) is 71.6 Å². The lowest BCUT2D eigenvalue weighted by Gasteiger charge is -2.15. The van der Waals surface area contributed by atoms with Gasteiger partial charge in [0, 0.05) is 13.1 Å². The highest BCUT2D eigenvalue weighted by Gasteiger charge is 2.36. The number of esters is 2. The summed E-state index contributed by atoms with van der Waals surface area (Å²) < 4.78 is 10.6. The number of ketones is 1. The lowest BCUT2D eigenvalue weighted by molar-refractivity contribution is -0.135. The van der Waals surface area contributed by atoms with Crippen molar-refractivity contribution in [2.24, 2.45) is 0 Å². The average molecular weight is 555 g/mol. The van der Waals surface area contributed by atoms with Crippen LogP contribution >= 0.6 is 0 Å². The normalized spacial score (nSPS) is 13.8. The van der Waals surface area contributed by atoms with Crippen molar-refractivity contribution in [1.29, 1.82) is 0 Å². The van der Waals surface area contributed by atoms with Gasteiger partial charge in [0.05, 0.1) is 40.7 Å². The molecule has 11 nitrogen and oxygen atoms in total. The molecular formula is C30H22N2O9. The number of nitrogens with zero attached hydrogens (tertiary/aromatic N) is 2. The molecule has 0 saturated carbocycles. The van der Waals surface area contributed by atoms with Gasteiger partial charge in [-0.2, -0.15) is 0 Å². The van der Waals surface area contributed by atoms with Crippen molar-refractivity contribution < 1.29 is 43.0 Å². The quantitative estimate of drug-likeness (QED) is 0.169. The summed E-state index contributed by atoms with van der Waals surface area (Å²) in [5.41, 5.74) is 1.03. The van der Waals surface area contributed by atoms with Gasteiger partial charge in [-0.15, -0.1) is 0 Å². The van der Waals surface area contributed by atoms with Gasteiger partial charge in [0.1, 0.15) is 11.5 Å². The molecule has 0 bridgehead atoms. The summed E-state index contributed by atoms with van der Waals surface area (Å²) in [5.74, 6) is -4.09. The van der Waals surface area contributed by atoms with Gasteiger partial charge in [-0.25, -0.2) is 0 Å². The van der Waals surface area contributed by atoms with Crippen molar-refractivity contribution in [2.75, 3.05) is 13.1 Å². The number of ether oxygens (including phenoxy) is 2. The van der Waals surface area contributed by atoms with Crippen molar-refractivity contribution in [3.63, 3.8) is 0 Å². The molecule has 11 heteroatoms. The molecule has 41 heavy (non-hydrogen) atoms. The number of imide groups is 2. The Hall–Kier alpha value is -5.45. The van der Waals surface area contributed by atoms with Crippen LogP contribution in [0.5, 0.6) is 11.5 Å². The number of Topliss-reactive ketones (excluding diaryl/α,β-unsaturated/α-hetero) is 1. The second-order valence-electron chi connectivity index (χ2n) is 9.28. The zero-order chi connectivity index (χ0) is 29.3. The zero-order valence-electron chi connectivity index (χ0n) is 21.7. The number of hydrogen-bond acceptors (Lipinski definition) is 9. The van der Waals surface area contributed by atoms with E-state index in [0.29, 0.717) is 0 Å². The minimum atomic E-state index is -0.783. The summed E-state index contributed by atoms with van der Waals surface area (Å²) in [6.45, 7) is 0.844. The van der Waals surface area contributed by atoms with Gasteiger partial charge >= 0.3 is 11.9 Å². The van der Waals surface area contributed by atoms with E-state index in [2.05, 4.69) is 0 Å². The van der Waals surface area contributed by atoms with Crippen LogP contribution in [0.2, 0.25) is 0 Å². The fraction of sp³-hybridized carbons (Fsp3) is 0.167. The SMILES string of the molecule is CC(=O)c1cc(OC(=O)CCN2C(=O)c3ccccc3C2=O)ccc1OC(=O)CCN1C(=O)c2ccccc2C1=O. The first-order chi connectivity index (χ1) is 19.7. The monoisotopic (exact) mass is 554 g/mol. The molecular weight excluding hydrogens is 532 g/mol. The Morgan fingerprint density at radius 1 is 0.610 bits per heavy atom. The van der Waals surface area contributed by atoms with Gasteiger partial charge in [-0.3, -0.25) is 43.4 Å². The Kier molecular flexibility index (Phi) is 7.26. The number of benzene rings is 3. The molecule has 0 fully saturated rings. The standard InChI is InChI=1S/C30H22N2O9/c1-17(33)23-16-18(40-25(34)12-14-31-27(36)19-6-2-3-7-20(19)28(31)37)10-11-24(23)41-26(35)13-15-32-29(38)21-8-4-5-9-22(21)30(32)39/h2-11,16H,12-15H2,1H3. The van der Waals surface area contributed by atoms with Crippen molar-refractivity contribution in [3.8, 4) is 11.5 Å². The van der Waals surface area contributed by atoms with E-state index < -0.39 is 41.4 Å². The fourth-order valence-electron chi connectivity index (χ4n) is 4.58.